The summed E-state index contributed by atoms with van der Waals surface area (Å²) in [4.78, 5) is 26.6. The second-order valence-corrected chi connectivity index (χ2v) is 7.09. The fraction of sp³-hybridized carbons (Fsp3) is 0.273. The lowest BCUT2D eigenvalue weighted by Gasteiger charge is -2.15. The summed E-state index contributed by atoms with van der Waals surface area (Å²) in [5.41, 5.74) is 1.24. The SMILES string of the molecule is O=C1C(=Cc2ccc3c(c2)OCO3)Oc2cc(OCC(=O)N3CCCC3)ccc21. The Labute approximate surface area is 167 Å². The van der Waals surface area contributed by atoms with E-state index >= 15 is 0 Å². The molecule has 7 nitrogen and oxygen atoms in total. The maximum Gasteiger partial charge on any atom is 0.260 e. The third-order valence-electron chi connectivity index (χ3n) is 5.16. The van der Waals surface area contributed by atoms with E-state index in [0.717, 1.165) is 31.5 Å². The topological polar surface area (TPSA) is 74.3 Å². The fourth-order valence-electron chi connectivity index (χ4n) is 3.61. The van der Waals surface area contributed by atoms with Crippen molar-refractivity contribution in [3.63, 3.8) is 0 Å². The Kier molecular flexibility index (Phi) is 4.35. The Bertz CT molecular complexity index is 1020. The van der Waals surface area contributed by atoms with E-state index in [2.05, 4.69) is 0 Å². The van der Waals surface area contributed by atoms with E-state index in [9.17, 15) is 9.59 Å². The van der Waals surface area contributed by atoms with Crippen LogP contribution in [-0.2, 0) is 4.79 Å². The number of fused-ring (bicyclic) bond motifs is 2. The van der Waals surface area contributed by atoms with Gasteiger partial charge in [0.05, 0.1) is 5.56 Å². The number of Topliss-reactive ketones (excluding diaryl/α,β-unsaturated/α-hetero) is 1. The number of allylic oxidation sites excluding steroid dienone is 1. The minimum Gasteiger partial charge on any atom is -0.484 e. The van der Waals surface area contributed by atoms with Crippen LogP contribution in [0.5, 0.6) is 23.0 Å². The molecular weight excluding hydrogens is 374 g/mol. The summed E-state index contributed by atoms with van der Waals surface area (Å²) < 4.78 is 22.0. The van der Waals surface area contributed by atoms with Crippen LogP contribution < -0.4 is 18.9 Å². The van der Waals surface area contributed by atoms with Crippen LogP contribution in [0.2, 0.25) is 0 Å². The highest BCUT2D eigenvalue weighted by Crippen LogP contribution is 2.37. The highest BCUT2D eigenvalue weighted by atomic mass is 16.7. The molecule has 0 bridgehead atoms. The maximum atomic E-state index is 12.6. The molecule has 0 atom stereocenters. The van der Waals surface area contributed by atoms with Gasteiger partial charge in [0.15, 0.2) is 23.9 Å². The molecule has 29 heavy (non-hydrogen) atoms. The number of carbonyl (C=O) groups excluding carboxylic acids is 2. The number of nitrogens with zero attached hydrogens (tertiary/aromatic N) is 1. The summed E-state index contributed by atoms with van der Waals surface area (Å²) >= 11 is 0. The molecule has 2 aromatic rings. The van der Waals surface area contributed by atoms with Gasteiger partial charge in [0, 0.05) is 19.2 Å². The van der Waals surface area contributed by atoms with E-state index in [1.807, 2.05) is 6.07 Å². The summed E-state index contributed by atoms with van der Waals surface area (Å²) in [6.45, 7) is 1.75. The zero-order chi connectivity index (χ0) is 19.8. The smallest absolute Gasteiger partial charge is 0.260 e. The monoisotopic (exact) mass is 393 g/mol. The average Bonchev–Trinajstić information content (AvgIpc) is 3.47. The molecule has 148 valence electrons. The van der Waals surface area contributed by atoms with Gasteiger partial charge >= 0.3 is 0 Å². The number of ketones is 1. The van der Waals surface area contributed by atoms with E-state index in [-0.39, 0.29) is 30.8 Å². The number of benzene rings is 2. The van der Waals surface area contributed by atoms with Crippen molar-refractivity contribution in [3.8, 4) is 23.0 Å². The average molecular weight is 393 g/mol. The predicted molar refractivity (Wildman–Crippen MR) is 103 cm³/mol. The molecule has 3 aliphatic heterocycles. The van der Waals surface area contributed by atoms with E-state index in [4.69, 9.17) is 18.9 Å². The molecule has 1 saturated heterocycles. The number of ether oxygens (including phenoxy) is 4. The van der Waals surface area contributed by atoms with Gasteiger partial charge in [-0.3, -0.25) is 9.59 Å². The Hall–Kier alpha value is -3.48. The molecule has 0 unspecified atom stereocenters. The second kappa shape index (κ2) is 7.16. The number of carbonyl (C=O) groups is 2. The van der Waals surface area contributed by atoms with Gasteiger partial charge in [-0.2, -0.15) is 0 Å². The molecule has 3 aliphatic rings. The molecule has 5 rings (SSSR count). The first-order chi connectivity index (χ1) is 14.2. The fourth-order valence-corrected chi connectivity index (χ4v) is 3.61. The van der Waals surface area contributed by atoms with Crippen LogP contribution in [0.4, 0.5) is 0 Å². The normalized spacial score (nSPS) is 18.1. The van der Waals surface area contributed by atoms with E-state index in [0.29, 0.717) is 28.6 Å². The highest BCUT2D eigenvalue weighted by molar-refractivity contribution is 6.14. The largest absolute Gasteiger partial charge is 0.484 e. The molecule has 0 N–H and O–H groups in total. The van der Waals surface area contributed by atoms with Gasteiger partial charge in [-0.15, -0.1) is 0 Å². The van der Waals surface area contributed by atoms with Gasteiger partial charge in [-0.25, -0.2) is 0 Å². The second-order valence-electron chi connectivity index (χ2n) is 7.09. The van der Waals surface area contributed by atoms with Gasteiger partial charge in [-0.05, 0) is 48.7 Å². The molecule has 0 radical (unpaired) electrons. The minimum atomic E-state index is -0.197. The van der Waals surface area contributed by atoms with Gasteiger partial charge in [0.1, 0.15) is 11.5 Å². The van der Waals surface area contributed by atoms with Crippen LogP contribution in [0.15, 0.2) is 42.2 Å². The van der Waals surface area contributed by atoms with Gasteiger partial charge in [0.2, 0.25) is 12.6 Å². The van der Waals surface area contributed by atoms with Crippen molar-refractivity contribution in [2.45, 2.75) is 12.8 Å². The van der Waals surface area contributed by atoms with Crippen LogP contribution >= 0.6 is 0 Å². The molecule has 1 fully saturated rings. The summed E-state index contributed by atoms with van der Waals surface area (Å²) in [5.74, 6) is 2.24. The first kappa shape index (κ1) is 17.6. The third kappa shape index (κ3) is 3.40. The highest BCUT2D eigenvalue weighted by Gasteiger charge is 2.28. The quantitative estimate of drug-likeness (QED) is 0.744. The molecule has 0 aromatic heterocycles. The zero-order valence-electron chi connectivity index (χ0n) is 15.7. The van der Waals surface area contributed by atoms with Crippen molar-refractivity contribution in [3.05, 3.63) is 53.3 Å². The van der Waals surface area contributed by atoms with E-state index < -0.39 is 0 Å². The zero-order valence-corrected chi connectivity index (χ0v) is 15.7. The summed E-state index contributed by atoms with van der Waals surface area (Å²) in [6.07, 6.45) is 3.75. The Morgan fingerprint density at radius 1 is 1.03 bits per heavy atom. The molecule has 2 aromatic carbocycles. The van der Waals surface area contributed by atoms with Crippen LogP contribution in [0.25, 0.3) is 6.08 Å². The molecule has 0 spiro atoms. The van der Waals surface area contributed by atoms with E-state index in [1.165, 1.54) is 0 Å². The Balaban J connectivity index is 1.29. The number of hydrogen-bond donors (Lipinski definition) is 0. The van der Waals surface area contributed by atoms with Crippen LogP contribution in [0.3, 0.4) is 0 Å². The van der Waals surface area contributed by atoms with Crippen molar-refractivity contribution < 1.29 is 28.5 Å². The molecule has 7 heteroatoms. The van der Waals surface area contributed by atoms with Crippen molar-refractivity contribution >= 4 is 17.8 Å². The van der Waals surface area contributed by atoms with Gasteiger partial charge in [-0.1, -0.05) is 6.07 Å². The van der Waals surface area contributed by atoms with Crippen molar-refractivity contribution in [1.82, 2.24) is 4.90 Å². The third-order valence-corrected chi connectivity index (χ3v) is 5.16. The minimum absolute atomic E-state index is 0.0212. The Morgan fingerprint density at radius 2 is 1.86 bits per heavy atom. The summed E-state index contributed by atoms with van der Waals surface area (Å²) in [6, 6.07) is 10.4. The van der Waals surface area contributed by atoms with Crippen molar-refractivity contribution in [2.75, 3.05) is 26.5 Å². The first-order valence-corrected chi connectivity index (χ1v) is 9.56. The maximum absolute atomic E-state index is 12.6. The van der Waals surface area contributed by atoms with Crippen LogP contribution in [0.1, 0.15) is 28.8 Å². The molecular formula is C22H19NO6. The molecule has 3 heterocycles. The summed E-state index contributed by atoms with van der Waals surface area (Å²) in [5, 5.41) is 0. The number of likely N-dealkylation sites (tertiary alicyclic amines) is 1. The van der Waals surface area contributed by atoms with Gasteiger partial charge in [0.25, 0.3) is 5.91 Å². The van der Waals surface area contributed by atoms with Crippen LogP contribution in [-0.4, -0.2) is 43.1 Å². The van der Waals surface area contributed by atoms with Crippen molar-refractivity contribution in [1.29, 1.82) is 0 Å². The van der Waals surface area contributed by atoms with Crippen molar-refractivity contribution in [2.24, 2.45) is 0 Å². The lowest BCUT2D eigenvalue weighted by molar-refractivity contribution is -0.132. The predicted octanol–water partition coefficient (Wildman–Crippen LogP) is 3.03. The summed E-state index contributed by atoms with van der Waals surface area (Å²) in [7, 11) is 0. The van der Waals surface area contributed by atoms with Crippen LogP contribution in [0, 0.1) is 0 Å². The standard InChI is InChI=1S/C22H19NO6/c24-21(23-7-1-2-8-23)12-26-15-4-5-16-18(11-15)29-20(22(16)25)10-14-3-6-17-19(9-14)28-13-27-17/h3-6,9-11H,1-2,7-8,12-13H2. The number of amides is 1. The lowest BCUT2D eigenvalue weighted by Crippen LogP contribution is -2.32. The molecule has 0 saturated carbocycles. The lowest BCUT2D eigenvalue weighted by atomic mass is 10.1. The number of rotatable bonds is 4. The molecule has 0 aliphatic carbocycles. The Morgan fingerprint density at radius 3 is 2.72 bits per heavy atom. The number of hydrogen-bond acceptors (Lipinski definition) is 6. The first-order valence-electron chi connectivity index (χ1n) is 9.56. The van der Waals surface area contributed by atoms with Gasteiger partial charge < -0.3 is 23.8 Å². The van der Waals surface area contributed by atoms with E-state index in [1.54, 1.807) is 41.3 Å². The molecule has 1 amide bonds.